The molecule has 0 saturated heterocycles. The van der Waals surface area contributed by atoms with Crippen LogP contribution in [-0.2, 0) is 16.6 Å². The molecule has 0 spiro atoms. The van der Waals surface area contributed by atoms with Crippen LogP contribution in [0.1, 0.15) is 27.3 Å². The van der Waals surface area contributed by atoms with E-state index in [-0.39, 0.29) is 22.1 Å². The van der Waals surface area contributed by atoms with Gasteiger partial charge in [-0.15, -0.1) is 0 Å². The van der Waals surface area contributed by atoms with E-state index in [0.717, 1.165) is 5.56 Å². The molecule has 140 valence electrons. The molecular formula is C19H20N4O3S. The predicted octanol–water partition coefficient (Wildman–Crippen LogP) is 2.76. The van der Waals surface area contributed by atoms with E-state index in [0.29, 0.717) is 17.9 Å². The number of hydrogen-bond acceptors (Lipinski definition) is 4. The van der Waals surface area contributed by atoms with Crippen molar-refractivity contribution >= 4 is 21.6 Å². The molecule has 0 atom stereocenters. The lowest BCUT2D eigenvalue weighted by molar-refractivity contribution is 0.0952. The number of para-hydroxylation sites is 1. The fourth-order valence-corrected chi connectivity index (χ4v) is 4.23. The van der Waals surface area contributed by atoms with Gasteiger partial charge in [0.2, 0.25) is 0 Å². The smallest absolute Gasteiger partial charge is 0.265 e. The fraction of sp³-hybridized carbons (Fsp3) is 0.158. The number of amides is 1. The number of anilines is 1. The SMILES string of the molecule is Cc1n[nH]c(C)c1S(=O)(=O)Nc1ccccc1C(=O)NCc1ccccc1. The van der Waals surface area contributed by atoms with Crippen LogP contribution in [0.25, 0.3) is 0 Å². The molecule has 1 aromatic heterocycles. The first kappa shape index (κ1) is 18.7. The van der Waals surface area contributed by atoms with Crippen LogP contribution in [0.5, 0.6) is 0 Å². The second kappa shape index (κ2) is 7.63. The minimum Gasteiger partial charge on any atom is -0.348 e. The number of carbonyl (C=O) groups excluding carboxylic acids is 1. The Hall–Kier alpha value is -3.13. The van der Waals surface area contributed by atoms with E-state index in [9.17, 15) is 13.2 Å². The molecule has 3 rings (SSSR count). The molecule has 1 heterocycles. The predicted molar refractivity (Wildman–Crippen MR) is 103 cm³/mol. The largest absolute Gasteiger partial charge is 0.348 e. The highest BCUT2D eigenvalue weighted by atomic mass is 32.2. The standard InChI is InChI=1S/C19H20N4O3S/c1-13-18(14(2)22-21-13)27(25,26)23-17-11-7-6-10-16(17)19(24)20-12-15-8-4-3-5-9-15/h3-11,23H,12H2,1-2H3,(H,20,24)(H,21,22). The van der Waals surface area contributed by atoms with Crippen molar-refractivity contribution in [3.05, 3.63) is 77.1 Å². The van der Waals surface area contributed by atoms with Crippen LogP contribution in [0.3, 0.4) is 0 Å². The number of H-pyrrole nitrogens is 1. The second-order valence-electron chi connectivity index (χ2n) is 6.08. The van der Waals surface area contributed by atoms with Gasteiger partial charge in [-0.05, 0) is 31.5 Å². The zero-order valence-corrected chi connectivity index (χ0v) is 15.8. The molecule has 0 aliphatic heterocycles. The Bertz CT molecular complexity index is 1040. The molecule has 1 amide bonds. The number of aromatic nitrogens is 2. The van der Waals surface area contributed by atoms with Gasteiger partial charge in [0.05, 0.1) is 22.6 Å². The Morgan fingerprint density at radius 2 is 1.70 bits per heavy atom. The zero-order valence-electron chi connectivity index (χ0n) is 15.0. The lowest BCUT2D eigenvalue weighted by atomic mass is 10.1. The van der Waals surface area contributed by atoms with E-state index in [1.807, 2.05) is 30.3 Å². The topological polar surface area (TPSA) is 104 Å². The van der Waals surface area contributed by atoms with Crippen molar-refractivity contribution in [1.29, 1.82) is 0 Å². The molecule has 27 heavy (non-hydrogen) atoms. The van der Waals surface area contributed by atoms with Gasteiger partial charge >= 0.3 is 0 Å². The Balaban J connectivity index is 1.83. The summed E-state index contributed by atoms with van der Waals surface area (Å²) in [6.45, 7) is 3.59. The van der Waals surface area contributed by atoms with E-state index in [1.54, 1.807) is 38.1 Å². The first-order chi connectivity index (χ1) is 12.9. The Morgan fingerprint density at radius 1 is 1.04 bits per heavy atom. The molecule has 0 radical (unpaired) electrons. The van der Waals surface area contributed by atoms with Crippen molar-refractivity contribution in [2.75, 3.05) is 4.72 Å². The summed E-state index contributed by atoms with van der Waals surface area (Å²) in [5, 5.41) is 9.38. The Morgan fingerprint density at radius 3 is 2.37 bits per heavy atom. The van der Waals surface area contributed by atoms with Crippen LogP contribution in [0, 0.1) is 13.8 Å². The molecule has 0 aliphatic rings. The van der Waals surface area contributed by atoms with Crippen LogP contribution < -0.4 is 10.0 Å². The third-order valence-electron chi connectivity index (χ3n) is 4.04. The van der Waals surface area contributed by atoms with Crippen molar-refractivity contribution in [3.8, 4) is 0 Å². The van der Waals surface area contributed by atoms with Gasteiger partial charge in [0.15, 0.2) is 0 Å². The number of aryl methyl sites for hydroxylation is 2. The molecule has 0 unspecified atom stereocenters. The molecule has 7 nitrogen and oxygen atoms in total. The van der Waals surface area contributed by atoms with E-state index in [2.05, 4.69) is 20.2 Å². The average molecular weight is 384 g/mol. The maximum Gasteiger partial charge on any atom is 0.265 e. The highest BCUT2D eigenvalue weighted by molar-refractivity contribution is 7.92. The number of nitrogens with one attached hydrogen (secondary N) is 3. The van der Waals surface area contributed by atoms with E-state index < -0.39 is 10.0 Å². The maximum atomic E-state index is 12.8. The third-order valence-corrected chi connectivity index (χ3v) is 5.67. The van der Waals surface area contributed by atoms with Crippen LogP contribution in [0.2, 0.25) is 0 Å². The lowest BCUT2D eigenvalue weighted by Crippen LogP contribution is -2.25. The number of aromatic amines is 1. The molecule has 0 fully saturated rings. The fourth-order valence-electron chi connectivity index (χ4n) is 2.78. The first-order valence-corrected chi connectivity index (χ1v) is 9.82. The summed E-state index contributed by atoms with van der Waals surface area (Å²) in [7, 11) is -3.88. The van der Waals surface area contributed by atoms with Crippen molar-refractivity contribution in [2.24, 2.45) is 0 Å². The van der Waals surface area contributed by atoms with Gasteiger partial charge in [0.25, 0.3) is 15.9 Å². The van der Waals surface area contributed by atoms with Gasteiger partial charge in [0.1, 0.15) is 4.90 Å². The molecule has 0 aliphatic carbocycles. The highest BCUT2D eigenvalue weighted by Gasteiger charge is 2.24. The number of rotatable bonds is 6. The van der Waals surface area contributed by atoms with Crippen molar-refractivity contribution in [3.63, 3.8) is 0 Å². The number of sulfonamides is 1. The Labute approximate surface area is 157 Å². The van der Waals surface area contributed by atoms with Crippen molar-refractivity contribution in [2.45, 2.75) is 25.3 Å². The van der Waals surface area contributed by atoms with Gasteiger partial charge < -0.3 is 5.32 Å². The van der Waals surface area contributed by atoms with Crippen LogP contribution in [-0.4, -0.2) is 24.5 Å². The number of nitrogens with zero attached hydrogens (tertiary/aromatic N) is 1. The summed E-state index contributed by atoms with van der Waals surface area (Å²) in [5.74, 6) is -0.363. The minimum absolute atomic E-state index is 0.0852. The normalized spacial score (nSPS) is 11.2. The molecule has 3 N–H and O–H groups in total. The van der Waals surface area contributed by atoms with Crippen molar-refractivity contribution < 1.29 is 13.2 Å². The minimum atomic E-state index is -3.88. The number of benzene rings is 2. The molecule has 0 saturated carbocycles. The van der Waals surface area contributed by atoms with Crippen molar-refractivity contribution in [1.82, 2.24) is 15.5 Å². The quantitative estimate of drug-likeness (QED) is 0.608. The van der Waals surface area contributed by atoms with Gasteiger partial charge in [-0.3, -0.25) is 14.6 Å². The van der Waals surface area contributed by atoms with Gasteiger partial charge in [0, 0.05) is 6.54 Å². The van der Waals surface area contributed by atoms with Crippen LogP contribution >= 0.6 is 0 Å². The molecule has 8 heteroatoms. The lowest BCUT2D eigenvalue weighted by Gasteiger charge is -2.13. The third kappa shape index (κ3) is 4.17. The summed E-state index contributed by atoms with van der Waals surface area (Å²) < 4.78 is 28.0. The zero-order chi connectivity index (χ0) is 19.4. The average Bonchev–Trinajstić information content (AvgIpc) is 3.00. The number of hydrogen-bond donors (Lipinski definition) is 3. The van der Waals surface area contributed by atoms with Crippen LogP contribution in [0.15, 0.2) is 59.5 Å². The highest BCUT2D eigenvalue weighted by Crippen LogP contribution is 2.23. The summed E-state index contributed by atoms with van der Waals surface area (Å²) in [6.07, 6.45) is 0. The second-order valence-corrected chi connectivity index (χ2v) is 7.70. The van der Waals surface area contributed by atoms with Gasteiger partial charge in [-0.1, -0.05) is 42.5 Å². The summed E-state index contributed by atoms with van der Waals surface area (Å²) >= 11 is 0. The molecular weight excluding hydrogens is 364 g/mol. The Kier molecular flexibility index (Phi) is 5.27. The number of carbonyl (C=O) groups is 1. The monoisotopic (exact) mass is 384 g/mol. The molecule has 0 bridgehead atoms. The van der Waals surface area contributed by atoms with Gasteiger partial charge in [-0.2, -0.15) is 5.10 Å². The first-order valence-electron chi connectivity index (χ1n) is 8.34. The molecule has 3 aromatic rings. The van der Waals surface area contributed by atoms with Crippen LogP contribution in [0.4, 0.5) is 5.69 Å². The summed E-state index contributed by atoms with van der Waals surface area (Å²) in [5.41, 5.74) is 2.21. The van der Waals surface area contributed by atoms with E-state index in [1.165, 1.54) is 0 Å². The summed E-state index contributed by atoms with van der Waals surface area (Å²) in [4.78, 5) is 12.7. The summed E-state index contributed by atoms with van der Waals surface area (Å²) in [6, 6.07) is 16.0. The van der Waals surface area contributed by atoms with E-state index in [4.69, 9.17) is 0 Å². The maximum absolute atomic E-state index is 12.8. The van der Waals surface area contributed by atoms with Gasteiger partial charge in [-0.25, -0.2) is 8.42 Å². The van der Waals surface area contributed by atoms with E-state index >= 15 is 0 Å². The molecule has 2 aromatic carbocycles.